The zero-order valence-corrected chi connectivity index (χ0v) is 14.8. The van der Waals surface area contributed by atoms with E-state index in [4.69, 9.17) is 23.2 Å². The molecule has 2 aromatic carbocycles. The van der Waals surface area contributed by atoms with Crippen LogP contribution in [0.25, 0.3) is 0 Å². The highest BCUT2D eigenvalue weighted by Crippen LogP contribution is 2.30. The number of phenolic OH excluding ortho intramolecular Hbond substituents is 1. The summed E-state index contributed by atoms with van der Waals surface area (Å²) < 4.78 is 13.8. The van der Waals surface area contributed by atoms with Gasteiger partial charge >= 0.3 is 0 Å². The van der Waals surface area contributed by atoms with E-state index in [2.05, 4.69) is 10.2 Å². The van der Waals surface area contributed by atoms with Gasteiger partial charge in [-0.05, 0) is 43.2 Å². The number of carbonyl (C=O) groups excluding carboxylic acids is 1. The first-order valence-electron chi connectivity index (χ1n) is 7.93. The van der Waals surface area contributed by atoms with Crippen molar-refractivity contribution in [3.63, 3.8) is 0 Å². The predicted octanol–water partition coefficient (Wildman–Crippen LogP) is 4.24. The van der Waals surface area contributed by atoms with Crippen molar-refractivity contribution in [3.05, 3.63) is 57.8 Å². The van der Waals surface area contributed by atoms with E-state index >= 15 is 0 Å². The molecule has 1 amide bonds. The van der Waals surface area contributed by atoms with Crippen LogP contribution in [-0.2, 0) is 0 Å². The summed E-state index contributed by atoms with van der Waals surface area (Å²) in [5.74, 6) is -1.45. The van der Waals surface area contributed by atoms with Crippen molar-refractivity contribution in [1.82, 2.24) is 5.32 Å². The quantitative estimate of drug-likeness (QED) is 0.834. The minimum absolute atomic E-state index is 0.0838. The van der Waals surface area contributed by atoms with Crippen LogP contribution in [0.15, 0.2) is 36.4 Å². The molecule has 0 aliphatic carbocycles. The highest BCUT2D eigenvalue weighted by Gasteiger charge is 2.24. The van der Waals surface area contributed by atoms with Gasteiger partial charge in [0.15, 0.2) is 0 Å². The van der Waals surface area contributed by atoms with Crippen LogP contribution >= 0.6 is 23.2 Å². The monoisotopic (exact) mass is 382 g/mol. The molecule has 1 aliphatic heterocycles. The average molecular weight is 383 g/mol. The van der Waals surface area contributed by atoms with Gasteiger partial charge in [0, 0.05) is 30.2 Å². The number of benzene rings is 2. The van der Waals surface area contributed by atoms with Gasteiger partial charge < -0.3 is 15.3 Å². The number of hydrogen-bond donors (Lipinski definition) is 2. The third kappa shape index (κ3) is 4.17. The van der Waals surface area contributed by atoms with Crippen LogP contribution in [0.1, 0.15) is 23.2 Å². The smallest absolute Gasteiger partial charge is 0.254 e. The molecule has 25 heavy (non-hydrogen) atoms. The maximum atomic E-state index is 13.8. The topological polar surface area (TPSA) is 52.6 Å². The van der Waals surface area contributed by atoms with Crippen molar-refractivity contribution in [1.29, 1.82) is 0 Å². The van der Waals surface area contributed by atoms with E-state index in [9.17, 15) is 14.3 Å². The van der Waals surface area contributed by atoms with Crippen LogP contribution in [0.2, 0.25) is 10.0 Å². The molecule has 1 saturated heterocycles. The molecule has 7 heteroatoms. The Hall–Kier alpha value is -1.98. The highest BCUT2D eigenvalue weighted by molar-refractivity contribution is 6.36. The number of hydrogen-bond acceptors (Lipinski definition) is 3. The Labute approximate surface area is 155 Å². The Kier molecular flexibility index (Phi) is 5.35. The first-order chi connectivity index (χ1) is 11.9. The average Bonchev–Trinajstić information content (AvgIpc) is 2.55. The Bertz CT molecular complexity index is 801. The minimum atomic E-state index is -0.745. The molecular formula is C18H17Cl2FN2O2. The van der Waals surface area contributed by atoms with Crippen molar-refractivity contribution < 1.29 is 14.3 Å². The van der Waals surface area contributed by atoms with E-state index in [0.717, 1.165) is 31.1 Å². The Morgan fingerprint density at radius 2 is 2.04 bits per heavy atom. The molecule has 0 bridgehead atoms. The zero-order chi connectivity index (χ0) is 18.0. The predicted molar refractivity (Wildman–Crippen MR) is 97.2 cm³/mol. The molecular weight excluding hydrogens is 366 g/mol. The third-order valence-corrected chi connectivity index (χ3v) is 4.74. The molecule has 1 heterocycles. The van der Waals surface area contributed by atoms with Gasteiger partial charge in [0.2, 0.25) is 0 Å². The van der Waals surface area contributed by atoms with E-state index in [1.807, 2.05) is 6.07 Å². The molecule has 4 nitrogen and oxygen atoms in total. The number of rotatable bonds is 3. The molecule has 2 N–H and O–H groups in total. The Balaban J connectivity index is 1.70. The second-order valence-electron chi connectivity index (χ2n) is 6.02. The van der Waals surface area contributed by atoms with Gasteiger partial charge in [0.25, 0.3) is 5.91 Å². The molecule has 2 aromatic rings. The highest BCUT2D eigenvalue weighted by atomic mass is 35.5. The SMILES string of the molecule is O=C(NC1CCCN(c2ccc(Cl)cc2Cl)C1)c1ccc(O)cc1F. The normalized spacial score (nSPS) is 17.4. The first-order valence-corrected chi connectivity index (χ1v) is 8.69. The Morgan fingerprint density at radius 3 is 2.76 bits per heavy atom. The van der Waals surface area contributed by atoms with E-state index in [1.54, 1.807) is 12.1 Å². The largest absolute Gasteiger partial charge is 0.508 e. The summed E-state index contributed by atoms with van der Waals surface area (Å²) in [5, 5.41) is 13.2. The van der Waals surface area contributed by atoms with Crippen molar-refractivity contribution in [2.45, 2.75) is 18.9 Å². The number of anilines is 1. The lowest BCUT2D eigenvalue weighted by Crippen LogP contribution is -2.48. The summed E-state index contributed by atoms with van der Waals surface area (Å²) in [5.41, 5.74) is 0.778. The van der Waals surface area contributed by atoms with Gasteiger partial charge in [0.05, 0.1) is 16.3 Å². The van der Waals surface area contributed by atoms with Crippen molar-refractivity contribution in [2.24, 2.45) is 0 Å². The number of aromatic hydroxyl groups is 1. The molecule has 1 aliphatic rings. The maximum Gasteiger partial charge on any atom is 0.254 e. The van der Waals surface area contributed by atoms with Gasteiger partial charge in [0.1, 0.15) is 11.6 Å². The van der Waals surface area contributed by atoms with Gasteiger partial charge in [-0.2, -0.15) is 0 Å². The van der Waals surface area contributed by atoms with Crippen LogP contribution in [-0.4, -0.2) is 30.1 Å². The standard InChI is InChI=1S/C18H17Cl2FN2O2/c19-11-3-6-17(15(20)8-11)23-7-1-2-12(10-23)22-18(25)14-5-4-13(24)9-16(14)21/h3-6,8-9,12,24H,1-2,7,10H2,(H,22,25). The summed E-state index contributed by atoms with van der Waals surface area (Å²) in [6.45, 7) is 1.40. The van der Waals surface area contributed by atoms with Crippen LogP contribution in [0.3, 0.4) is 0 Å². The molecule has 0 saturated carbocycles. The van der Waals surface area contributed by atoms with Crippen molar-refractivity contribution in [3.8, 4) is 5.75 Å². The lowest BCUT2D eigenvalue weighted by atomic mass is 10.0. The Morgan fingerprint density at radius 1 is 1.24 bits per heavy atom. The number of carbonyl (C=O) groups is 1. The molecule has 0 aromatic heterocycles. The van der Waals surface area contributed by atoms with Crippen molar-refractivity contribution in [2.75, 3.05) is 18.0 Å². The summed E-state index contributed by atoms with van der Waals surface area (Å²) >= 11 is 12.2. The lowest BCUT2D eigenvalue weighted by molar-refractivity contribution is 0.0929. The van der Waals surface area contributed by atoms with Gasteiger partial charge in [-0.25, -0.2) is 4.39 Å². The lowest BCUT2D eigenvalue weighted by Gasteiger charge is -2.35. The number of nitrogens with one attached hydrogen (secondary N) is 1. The summed E-state index contributed by atoms with van der Waals surface area (Å²) in [7, 11) is 0. The second kappa shape index (κ2) is 7.50. The fraction of sp³-hybridized carbons (Fsp3) is 0.278. The number of halogens is 3. The van der Waals surface area contributed by atoms with E-state index in [0.29, 0.717) is 16.6 Å². The number of amides is 1. The van der Waals surface area contributed by atoms with Gasteiger partial charge in [-0.1, -0.05) is 23.2 Å². The molecule has 3 rings (SSSR count). The van der Waals surface area contributed by atoms with E-state index in [1.165, 1.54) is 12.1 Å². The molecule has 1 fully saturated rings. The van der Waals surface area contributed by atoms with Crippen LogP contribution < -0.4 is 10.2 Å². The number of piperidine rings is 1. The third-order valence-electron chi connectivity index (χ3n) is 4.20. The molecule has 132 valence electrons. The minimum Gasteiger partial charge on any atom is -0.508 e. The van der Waals surface area contributed by atoms with Crippen LogP contribution in [0.4, 0.5) is 10.1 Å². The molecule has 0 spiro atoms. The summed E-state index contributed by atoms with van der Waals surface area (Å²) in [6, 6.07) is 8.68. The van der Waals surface area contributed by atoms with E-state index in [-0.39, 0.29) is 17.4 Å². The fourth-order valence-corrected chi connectivity index (χ4v) is 3.53. The van der Waals surface area contributed by atoms with E-state index < -0.39 is 11.7 Å². The molecule has 1 unspecified atom stereocenters. The summed E-state index contributed by atoms with van der Waals surface area (Å²) in [6.07, 6.45) is 1.68. The number of nitrogens with zero attached hydrogens (tertiary/aromatic N) is 1. The van der Waals surface area contributed by atoms with Gasteiger partial charge in [-0.3, -0.25) is 4.79 Å². The molecule has 1 atom stereocenters. The fourth-order valence-electron chi connectivity index (χ4n) is 3.00. The second-order valence-corrected chi connectivity index (χ2v) is 6.86. The van der Waals surface area contributed by atoms with Crippen LogP contribution in [0.5, 0.6) is 5.75 Å². The van der Waals surface area contributed by atoms with Crippen molar-refractivity contribution >= 4 is 34.8 Å². The zero-order valence-electron chi connectivity index (χ0n) is 13.3. The first kappa shape index (κ1) is 17.8. The molecule has 0 radical (unpaired) electrons. The maximum absolute atomic E-state index is 13.8. The van der Waals surface area contributed by atoms with Gasteiger partial charge in [-0.15, -0.1) is 0 Å². The number of phenols is 1. The van der Waals surface area contributed by atoms with Crippen LogP contribution in [0, 0.1) is 5.82 Å². The summed E-state index contributed by atoms with van der Waals surface area (Å²) in [4.78, 5) is 14.4.